The van der Waals surface area contributed by atoms with Crippen LogP contribution in [0.4, 0.5) is 5.69 Å². The van der Waals surface area contributed by atoms with Crippen LogP contribution < -0.4 is 15.8 Å². The molecule has 0 spiro atoms. The number of hydrogen-bond acceptors (Lipinski definition) is 3. The molecule has 0 fully saturated rings. The molecule has 0 aliphatic rings. The Labute approximate surface area is 149 Å². The Morgan fingerprint density at radius 1 is 1.17 bits per heavy atom. The van der Waals surface area contributed by atoms with Crippen molar-refractivity contribution in [2.45, 2.75) is 26.9 Å². The third-order valence-electron chi connectivity index (χ3n) is 3.50. The topological polar surface area (TPSA) is 81.4 Å². The van der Waals surface area contributed by atoms with Gasteiger partial charge in [-0.3, -0.25) is 9.59 Å². The number of rotatable bonds is 5. The van der Waals surface area contributed by atoms with Crippen molar-refractivity contribution in [2.24, 2.45) is 5.73 Å². The van der Waals surface area contributed by atoms with E-state index in [1.807, 2.05) is 26.0 Å². The number of hydrogen-bond donors (Lipinski definition) is 2. The van der Waals surface area contributed by atoms with Gasteiger partial charge < -0.3 is 15.8 Å². The summed E-state index contributed by atoms with van der Waals surface area (Å²) in [5.74, 6) is -0.165. The lowest BCUT2D eigenvalue weighted by molar-refractivity contribution is -0.122. The number of carbonyl (C=O) groups is 2. The van der Waals surface area contributed by atoms with Crippen molar-refractivity contribution >= 4 is 33.4 Å². The molecular formula is C18H19BrN2O3. The Hall–Kier alpha value is -2.34. The summed E-state index contributed by atoms with van der Waals surface area (Å²) >= 11 is 3.43. The van der Waals surface area contributed by atoms with E-state index in [4.69, 9.17) is 10.5 Å². The third-order valence-corrected chi connectivity index (χ3v) is 3.96. The van der Waals surface area contributed by atoms with E-state index in [-0.39, 0.29) is 5.91 Å². The molecule has 0 heterocycles. The molecule has 24 heavy (non-hydrogen) atoms. The van der Waals surface area contributed by atoms with Crippen LogP contribution in [0.5, 0.6) is 5.75 Å². The lowest BCUT2D eigenvalue weighted by Gasteiger charge is -2.18. The lowest BCUT2D eigenvalue weighted by atomic mass is 10.1. The van der Waals surface area contributed by atoms with Crippen LogP contribution >= 0.6 is 15.9 Å². The number of anilines is 1. The minimum Gasteiger partial charge on any atom is -0.480 e. The van der Waals surface area contributed by atoms with Gasteiger partial charge in [0.2, 0.25) is 5.91 Å². The molecule has 0 aliphatic carbocycles. The van der Waals surface area contributed by atoms with E-state index in [1.165, 1.54) is 6.07 Å². The molecule has 0 radical (unpaired) electrons. The fourth-order valence-corrected chi connectivity index (χ4v) is 2.99. The van der Waals surface area contributed by atoms with Gasteiger partial charge in [0.15, 0.2) is 6.10 Å². The first-order valence-corrected chi connectivity index (χ1v) is 8.21. The number of amides is 2. The SMILES string of the molecule is Cc1cc(Br)cc(C)c1OC(C)C(=O)Nc1cccc(C(N)=O)c1. The molecule has 2 aromatic carbocycles. The summed E-state index contributed by atoms with van der Waals surface area (Å²) in [6.07, 6.45) is -0.694. The third kappa shape index (κ3) is 4.35. The molecule has 0 saturated carbocycles. The van der Waals surface area contributed by atoms with Crippen molar-refractivity contribution in [3.8, 4) is 5.75 Å². The minimum absolute atomic E-state index is 0.307. The standard InChI is InChI=1S/C18H19BrN2O3/c1-10-7-14(19)8-11(2)16(10)24-12(3)18(23)21-15-6-4-5-13(9-15)17(20)22/h4-9,12H,1-3H3,(H2,20,22)(H,21,23). The average Bonchev–Trinajstić information content (AvgIpc) is 2.50. The highest BCUT2D eigenvalue weighted by Crippen LogP contribution is 2.28. The van der Waals surface area contributed by atoms with E-state index in [1.54, 1.807) is 25.1 Å². The van der Waals surface area contributed by atoms with E-state index < -0.39 is 12.0 Å². The molecule has 2 amide bonds. The Balaban J connectivity index is 2.10. The van der Waals surface area contributed by atoms with Crippen LogP contribution in [-0.4, -0.2) is 17.9 Å². The van der Waals surface area contributed by atoms with Crippen LogP contribution in [0.1, 0.15) is 28.4 Å². The zero-order valence-electron chi connectivity index (χ0n) is 13.7. The van der Waals surface area contributed by atoms with Gasteiger partial charge in [0.05, 0.1) is 0 Å². The van der Waals surface area contributed by atoms with Crippen LogP contribution in [0.15, 0.2) is 40.9 Å². The summed E-state index contributed by atoms with van der Waals surface area (Å²) in [6, 6.07) is 10.3. The van der Waals surface area contributed by atoms with Gasteiger partial charge in [-0.1, -0.05) is 22.0 Å². The minimum atomic E-state index is -0.694. The number of halogens is 1. The molecule has 2 rings (SSSR count). The number of ether oxygens (including phenoxy) is 1. The molecule has 0 aromatic heterocycles. The van der Waals surface area contributed by atoms with E-state index in [0.29, 0.717) is 17.0 Å². The predicted octanol–water partition coefficient (Wildman–Crippen LogP) is 3.57. The average molecular weight is 391 g/mol. The van der Waals surface area contributed by atoms with Gasteiger partial charge in [-0.25, -0.2) is 0 Å². The zero-order chi connectivity index (χ0) is 17.9. The molecule has 1 unspecified atom stereocenters. The number of nitrogens with two attached hydrogens (primary N) is 1. The first-order chi connectivity index (χ1) is 11.3. The predicted molar refractivity (Wildman–Crippen MR) is 97.3 cm³/mol. The van der Waals surface area contributed by atoms with Crippen LogP contribution in [0.25, 0.3) is 0 Å². The van der Waals surface area contributed by atoms with Gasteiger partial charge in [0.1, 0.15) is 5.75 Å². The first-order valence-electron chi connectivity index (χ1n) is 7.42. The molecule has 5 nitrogen and oxygen atoms in total. The maximum absolute atomic E-state index is 12.3. The number of nitrogens with one attached hydrogen (secondary N) is 1. The van der Waals surface area contributed by atoms with Gasteiger partial charge in [-0.15, -0.1) is 0 Å². The van der Waals surface area contributed by atoms with Crippen molar-refractivity contribution in [3.05, 3.63) is 57.6 Å². The van der Waals surface area contributed by atoms with Gasteiger partial charge in [0.25, 0.3) is 5.91 Å². The van der Waals surface area contributed by atoms with Crippen molar-refractivity contribution in [1.82, 2.24) is 0 Å². The second-order valence-electron chi connectivity index (χ2n) is 5.56. The van der Waals surface area contributed by atoms with Crippen molar-refractivity contribution < 1.29 is 14.3 Å². The number of primary amides is 1. The normalized spacial score (nSPS) is 11.7. The highest BCUT2D eigenvalue weighted by Gasteiger charge is 2.17. The molecular weight excluding hydrogens is 372 g/mol. The Morgan fingerprint density at radius 3 is 2.38 bits per heavy atom. The molecule has 0 saturated heterocycles. The van der Waals surface area contributed by atoms with Gasteiger partial charge in [-0.05, 0) is 62.2 Å². The van der Waals surface area contributed by atoms with Crippen LogP contribution in [0.3, 0.4) is 0 Å². The van der Waals surface area contributed by atoms with Crippen LogP contribution in [-0.2, 0) is 4.79 Å². The van der Waals surface area contributed by atoms with E-state index in [0.717, 1.165) is 15.6 Å². The summed E-state index contributed by atoms with van der Waals surface area (Å²) < 4.78 is 6.78. The number of carbonyl (C=O) groups excluding carboxylic acids is 2. The highest BCUT2D eigenvalue weighted by atomic mass is 79.9. The molecule has 6 heteroatoms. The summed E-state index contributed by atoms with van der Waals surface area (Å²) in [6.45, 7) is 5.52. The van der Waals surface area contributed by atoms with Crippen LogP contribution in [0.2, 0.25) is 0 Å². The second-order valence-corrected chi connectivity index (χ2v) is 6.48. The fraction of sp³-hybridized carbons (Fsp3) is 0.222. The molecule has 2 aromatic rings. The van der Waals surface area contributed by atoms with Crippen molar-refractivity contribution in [2.75, 3.05) is 5.32 Å². The Morgan fingerprint density at radius 2 is 1.79 bits per heavy atom. The van der Waals surface area contributed by atoms with Crippen molar-refractivity contribution in [1.29, 1.82) is 0 Å². The quantitative estimate of drug-likeness (QED) is 0.818. The first kappa shape index (κ1) is 18.0. The summed E-state index contributed by atoms with van der Waals surface area (Å²) in [7, 11) is 0. The maximum Gasteiger partial charge on any atom is 0.265 e. The Kier molecular flexibility index (Phi) is 5.62. The van der Waals surface area contributed by atoms with Gasteiger partial charge in [0, 0.05) is 15.7 Å². The second kappa shape index (κ2) is 7.49. The number of benzene rings is 2. The monoisotopic (exact) mass is 390 g/mol. The van der Waals surface area contributed by atoms with Gasteiger partial charge >= 0.3 is 0 Å². The summed E-state index contributed by atoms with van der Waals surface area (Å²) in [5.41, 5.74) is 7.96. The molecule has 3 N–H and O–H groups in total. The lowest BCUT2D eigenvalue weighted by Crippen LogP contribution is -2.30. The van der Waals surface area contributed by atoms with Crippen molar-refractivity contribution in [3.63, 3.8) is 0 Å². The molecule has 0 aliphatic heterocycles. The summed E-state index contributed by atoms with van der Waals surface area (Å²) in [5, 5.41) is 2.73. The van der Waals surface area contributed by atoms with E-state index in [2.05, 4.69) is 21.2 Å². The van der Waals surface area contributed by atoms with Gasteiger partial charge in [-0.2, -0.15) is 0 Å². The fourth-order valence-electron chi connectivity index (χ4n) is 2.31. The highest BCUT2D eigenvalue weighted by molar-refractivity contribution is 9.10. The zero-order valence-corrected chi connectivity index (χ0v) is 15.3. The Bertz CT molecular complexity index is 767. The molecule has 126 valence electrons. The largest absolute Gasteiger partial charge is 0.480 e. The smallest absolute Gasteiger partial charge is 0.265 e. The summed E-state index contributed by atoms with van der Waals surface area (Å²) in [4.78, 5) is 23.5. The van der Waals surface area contributed by atoms with E-state index >= 15 is 0 Å². The molecule has 1 atom stereocenters. The van der Waals surface area contributed by atoms with Crippen LogP contribution in [0, 0.1) is 13.8 Å². The number of aryl methyl sites for hydroxylation is 2. The maximum atomic E-state index is 12.3. The molecule has 0 bridgehead atoms. The van der Waals surface area contributed by atoms with E-state index in [9.17, 15) is 9.59 Å².